The highest BCUT2D eigenvalue weighted by Gasteiger charge is 2.32. The fourth-order valence-electron chi connectivity index (χ4n) is 2.56. The molecule has 6 nitrogen and oxygen atoms in total. The van der Waals surface area contributed by atoms with Gasteiger partial charge in [0.05, 0.1) is 23.2 Å². The number of benzene rings is 1. The molecule has 2 N–H and O–H groups in total. The highest BCUT2D eigenvalue weighted by Crippen LogP contribution is 2.44. The number of hydrogen-bond acceptors (Lipinski definition) is 5. The lowest BCUT2D eigenvalue weighted by atomic mass is 10.0. The van der Waals surface area contributed by atoms with Crippen LogP contribution in [0.2, 0.25) is 0 Å². The molecule has 23 heavy (non-hydrogen) atoms. The molecule has 1 aliphatic rings. The van der Waals surface area contributed by atoms with Gasteiger partial charge in [-0.1, -0.05) is 12.1 Å². The molecule has 1 aromatic carbocycles. The lowest BCUT2D eigenvalue weighted by molar-refractivity contribution is -0.115. The molecule has 0 fully saturated rings. The van der Waals surface area contributed by atoms with Crippen molar-refractivity contribution < 1.29 is 14.3 Å². The van der Waals surface area contributed by atoms with Gasteiger partial charge in [-0.2, -0.15) is 5.10 Å². The van der Waals surface area contributed by atoms with Crippen LogP contribution in [0.4, 0.5) is 5.82 Å². The van der Waals surface area contributed by atoms with E-state index in [0.29, 0.717) is 11.4 Å². The van der Waals surface area contributed by atoms with Crippen LogP contribution < -0.4 is 5.32 Å². The van der Waals surface area contributed by atoms with Crippen molar-refractivity contribution in [2.24, 2.45) is 0 Å². The quantitative estimate of drug-likeness (QED) is 0.827. The Hall–Kier alpha value is -2.28. The molecule has 0 radical (unpaired) electrons. The van der Waals surface area contributed by atoms with Gasteiger partial charge in [-0.05, 0) is 31.5 Å². The predicted molar refractivity (Wildman–Crippen MR) is 88.6 cm³/mol. The fourth-order valence-corrected chi connectivity index (χ4v) is 3.89. The molecule has 7 heteroatoms. The molecule has 0 spiro atoms. The molecule has 0 aliphatic carbocycles. The number of carbonyl (C=O) groups excluding carboxylic acids is 2. The van der Waals surface area contributed by atoms with Crippen molar-refractivity contribution in [1.82, 2.24) is 10.2 Å². The first-order valence-corrected chi connectivity index (χ1v) is 8.15. The maximum absolute atomic E-state index is 12.1. The first-order chi connectivity index (χ1) is 11.0. The number of esters is 1. The molecule has 0 saturated heterocycles. The standard InChI is InChI=1S/C16H17N3O3S/c1-8-12-13(10-4-6-11(7-5-10)16(21)22-3)23-9(2)15(20)17-14(12)19-18-8/h4-7,9,13H,1-3H3,(H2,17,18,19,20)/t9-,13-/m0/s1. The Labute approximate surface area is 138 Å². The minimum absolute atomic E-state index is 0.0376. The lowest BCUT2D eigenvalue weighted by Crippen LogP contribution is -2.21. The van der Waals surface area contributed by atoms with Gasteiger partial charge in [0.25, 0.3) is 0 Å². The predicted octanol–water partition coefficient (Wildman–Crippen LogP) is 2.67. The monoisotopic (exact) mass is 331 g/mol. The molecule has 3 rings (SSSR count). The minimum Gasteiger partial charge on any atom is -0.465 e. The maximum Gasteiger partial charge on any atom is 0.337 e. The summed E-state index contributed by atoms with van der Waals surface area (Å²) in [4.78, 5) is 23.7. The molecule has 1 aliphatic heterocycles. The van der Waals surface area contributed by atoms with Gasteiger partial charge in [0.2, 0.25) is 5.91 Å². The van der Waals surface area contributed by atoms with E-state index in [1.807, 2.05) is 26.0 Å². The first kappa shape index (κ1) is 15.6. The number of aromatic nitrogens is 2. The summed E-state index contributed by atoms with van der Waals surface area (Å²) in [5.41, 5.74) is 3.40. The zero-order chi connectivity index (χ0) is 16.6. The zero-order valence-electron chi connectivity index (χ0n) is 13.0. The number of anilines is 1. The summed E-state index contributed by atoms with van der Waals surface area (Å²) in [6, 6.07) is 7.26. The number of carbonyl (C=O) groups is 2. The van der Waals surface area contributed by atoms with Crippen LogP contribution in [0.1, 0.15) is 39.4 Å². The van der Waals surface area contributed by atoms with Gasteiger partial charge in [-0.25, -0.2) is 4.79 Å². The summed E-state index contributed by atoms with van der Waals surface area (Å²) in [6.45, 7) is 3.81. The second kappa shape index (κ2) is 6.08. The topological polar surface area (TPSA) is 84.1 Å². The van der Waals surface area contributed by atoms with Gasteiger partial charge < -0.3 is 10.1 Å². The van der Waals surface area contributed by atoms with E-state index < -0.39 is 0 Å². The van der Waals surface area contributed by atoms with Crippen molar-refractivity contribution >= 4 is 29.5 Å². The van der Waals surface area contributed by atoms with Crippen molar-refractivity contribution in [3.8, 4) is 0 Å². The Kier molecular flexibility index (Phi) is 4.12. The molecular formula is C16H17N3O3S. The molecule has 1 amide bonds. The highest BCUT2D eigenvalue weighted by atomic mass is 32.2. The van der Waals surface area contributed by atoms with E-state index in [2.05, 4.69) is 15.5 Å². The summed E-state index contributed by atoms with van der Waals surface area (Å²) in [7, 11) is 1.36. The summed E-state index contributed by atoms with van der Waals surface area (Å²) >= 11 is 1.56. The second-order valence-electron chi connectivity index (χ2n) is 5.37. The number of thioether (sulfide) groups is 1. The molecule has 120 valence electrons. The third-order valence-corrected chi connectivity index (χ3v) is 5.24. The van der Waals surface area contributed by atoms with Gasteiger partial charge in [-0.3, -0.25) is 9.89 Å². The van der Waals surface area contributed by atoms with E-state index in [1.165, 1.54) is 7.11 Å². The van der Waals surface area contributed by atoms with E-state index in [9.17, 15) is 9.59 Å². The molecule has 2 aromatic rings. The van der Waals surface area contributed by atoms with E-state index in [0.717, 1.165) is 16.8 Å². The third-order valence-electron chi connectivity index (χ3n) is 3.84. The van der Waals surface area contributed by atoms with Crippen LogP contribution in [-0.4, -0.2) is 34.4 Å². The molecule has 2 atom stereocenters. The van der Waals surface area contributed by atoms with Crippen LogP contribution in [0.5, 0.6) is 0 Å². The maximum atomic E-state index is 12.1. The minimum atomic E-state index is -0.365. The van der Waals surface area contributed by atoms with Crippen LogP contribution in [0.15, 0.2) is 24.3 Å². The Morgan fingerprint density at radius 3 is 2.65 bits per heavy atom. The summed E-state index contributed by atoms with van der Waals surface area (Å²) in [5.74, 6) is 0.151. The third kappa shape index (κ3) is 2.84. The first-order valence-electron chi connectivity index (χ1n) is 7.20. The number of hydrogen-bond donors (Lipinski definition) is 2. The van der Waals surface area contributed by atoms with Gasteiger partial charge in [0.1, 0.15) is 0 Å². The van der Waals surface area contributed by atoms with Crippen molar-refractivity contribution in [2.75, 3.05) is 12.4 Å². The fraction of sp³-hybridized carbons (Fsp3) is 0.312. The normalized spacial score (nSPS) is 20.4. The van der Waals surface area contributed by atoms with E-state index in [-0.39, 0.29) is 22.4 Å². The summed E-state index contributed by atoms with van der Waals surface area (Å²) < 4.78 is 4.72. The smallest absolute Gasteiger partial charge is 0.337 e. The number of amides is 1. The molecule has 2 heterocycles. The van der Waals surface area contributed by atoms with Crippen LogP contribution in [0.3, 0.4) is 0 Å². The van der Waals surface area contributed by atoms with Crippen LogP contribution >= 0.6 is 11.8 Å². The van der Waals surface area contributed by atoms with E-state index >= 15 is 0 Å². The Bertz CT molecular complexity index is 754. The molecular weight excluding hydrogens is 314 g/mol. The Balaban J connectivity index is 2.02. The number of H-pyrrole nitrogens is 1. The van der Waals surface area contributed by atoms with Gasteiger partial charge in [0, 0.05) is 11.3 Å². The molecule has 0 bridgehead atoms. The Morgan fingerprint density at radius 1 is 1.30 bits per heavy atom. The highest BCUT2D eigenvalue weighted by molar-refractivity contribution is 8.01. The van der Waals surface area contributed by atoms with Crippen molar-refractivity contribution in [1.29, 1.82) is 0 Å². The van der Waals surface area contributed by atoms with Gasteiger partial charge in [0.15, 0.2) is 5.82 Å². The summed E-state index contributed by atoms with van der Waals surface area (Å²) in [6.07, 6.45) is 0. The SMILES string of the molecule is COC(=O)c1ccc([C@@H]2S[C@@H](C)C(=O)Nc3n[nH]c(C)c32)cc1. The van der Waals surface area contributed by atoms with Crippen molar-refractivity contribution in [3.05, 3.63) is 46.6 Å². The molecule has 1 aromatic heterocycles. The largest absolute Gasteiger partial charge is 0.465 e. The average molecular weight is 331 g/mol. The van der Waals surface area contributed by atoms with Crippen molar-refractivity contribution in [3.63, 3.8) is 0 Å². The Morgan fingerprint density at radius 2 is 2.00 bits per heavy atom. The van der Waals surface area contributed by atoms with Crippen LogP contribution in [0.25, 0.3) is 0 Å². The van der Waals surface area contributed by atoms with E-state index in [4.69, 9.17) is 4.74 Å². The number of aromatic amines is 1. The van der Waals surface area contributed by atoms with E-state index in [1.54, 1.807) is 23.9 Å². The molecule has 0 unspecified atom stereocenters. The number of fused-ring (bicyclic) bond motifs is 1. The molecule has 0 saturated carbocycles. The van der Waals surface area contributed by atoms with Crippen molar-refractivity contribution in [2.45, 2.75) is 24.3 Å². The lowest BCUT2D eigenvalue weighted by Gasteiger charge is -2.17. The number of ether oxygens (including phenoxy) is 1. The second-order valence-corrected chi connectivity index (χ2v) is 6.82. The number of aryl methyl sites for hydroxylation is 1. The average Bonchev–Trinajstić information content (AvgIpc) is 2.85. The van der Waals surface area contributed by atoms with Crippen LogP contribution in [0, 0.1) is 6.92 Å². The number of nitrogens with one attached hydrogen (secondary N) is 2. The van der Waals surface area contributed by atoms with Gasteiger partial charge in [-0.15, -0.1) is 11.8 Å². The zero-order valence-corrected chi connectivity index (χ0v) is 13.9. The number of rotatable bonds is 2. The van der Waals surface area contributed by atoms with Crippen LogP contribution in [-0.2, 0) is 9.53 Å². The summed E-state index contributed by atoms with van der Waals surface area (Å²) in [5, 5.41) is 9.74. The number of methoxy groups -OCH3 is 1. The number of nitrogens with zero attached hydrogens (tertiary/aromatic N) is 1. The van der Waals surface area contributed by atoms with Gasteiger partial charge >= 0.3 is 5.97 Å².